The highest BCUT2D eigenvalue weighted by Crippen LogP contribution is 2.13. The van der Waals surface area contributed by atoms with Gasteiger partial charge in [0, 0.05) is 11.4 Å². The standard InChI is InChI=1S/C11H8BrNO2/c12-6-9-3-8(1-2-11(14)15)4-10(5-9)7-13/h1-5H,6H2,(H,14,15)/b2-1+. The zero-order valence-corrected chi connectivity index (χ0v) is 9.36. The molecule has 0 heterocycles. The van der Waals surface area contributed by atoms with Gasteiger partial charge in [0.1, 0.15) is 0 Å². The summed E-state index contributed by atoms with van der Waals surface area (Å²) in [6, 6.07) is 7.26. The third kappa shape index (κ3) is 3.56. The first-order valence-electron chi connectivity index (χ1n) is 4.16. The van der Waals surface area contributed by atoms with Crippen molar-refractivity contribution in [3.63, 3.8) is 0 Å². The van der Waals surface area contributed by atoms with Crippen molar-refractivity contribution in [2.24, 2.45) is 0 Å². The average molecular weight is 266 g/mol. The quantitative estimate of drug-likeness (QED) is 0.675. The zero-order valence-electron chi connectivity index (χ0n) is 7.77. The van der Waals surface area contributed by atoms with Crippen molar-refractivity contribution in [3.8, 4) is 6.07 Å². The van der Waals surface area contributed by atoms with Gasteiger partial charge in [-0.2, -0.15) is 5.26 Å². The van der Waals surface area contributed by atoms with E-state index < -0.39 is 5.97 Å². The van der Waals surface area contributed by atoms with Gasteiger partial charge in [0.2, 0.25) is 0 Å². The minimum Gasteiger partial charge on any atom is -0.478 e. The summed E-state index contributed by atoms with van der Waals surface area (Å²) in [5, 5.41) is 17.9. The molecule has 0 saturated heterocycles. The number of rotatable bonds is 3. The predicted octanol–water partition coefficient (Wildman–Crippen LogP) is 2.55. The number of alkyl halides is 1. The summed E-state index contributed by atoms with van der Waals surface area (Å²) in [5.74, 6) is -1.00. The first-order chi connectivity index (χ1) is 7.15. The Morgan fingerprint density at radius 1 is 1.53 bits per heavy atom. The first kappa shape index (κ1) is 11.5. The Balaban J connectivity index is 3.08. The van der Waals surface area contributed by atoms with E-state index >= 15 is 0 Å². The van der Waals surface area contributed by atoms with Crippen LogP contribution in [0.1, 0.15) is 16.7 Å². The molecule has 0 radical (unpaired) electrons. The molecule has 15 heavy (non-hydrogen) atoms. The highest BCUT2D eigenvalue weighted by atomic mass is 79.9. The number of carbonyl (C=O) groups is 1. The second-order valence-corrected chi connectivity index (χ2v) is 3.44. The van der Waals surface area contributed by atoms with Crippen LogP contribution in [-0.4, -0.2) is 11.1 Å². The lowest BCUT2D eigenvalue weighted by Crippen LogP contribution is -1.88. The first-order valence-corrected chi connectivity index (χ1v) is 5.29. The molecular formula is C11H8BrNO2. The molecule has 0 aliphatic rings. The third-order valence-electron chi connectivity index (χ3n) is 1.72. The van der Waals surface area contributed by atoms with Crippen LogP contribution >= 0.6 is 15.9 Å². The minimum atomic E-state index is -1.00. The van der Waals surface area contributed by atoms with Crippen molar-refractivity contribution in [1.82, 2.24) is 0 Å². The molecule has 4 heteroatoms. The summed E-state index contributed by atoms with van der Waals surface area (Å²) in [4.78, 5) is 10.3. The lowest BCUT2D eigenvalue weighted by Gasteiger charge is -1.99. The van der Waals surface area contributed by atoms with Crippen molar-refractivity contribution < 1.29 is 9.90 Å². The van der Waals surface area contributed by atoms with Crippen molar-refractivity contribution in [3.05, 3.63) is 41.0 Å². The molecule has 0 fully saturated rings. The lowest BCUT2D eigenvalue weighted by molar-refractivity contribution is -0.131. The Kier molecular flexibility index (Phi) is 4.07. The van der Waals surface area contributed by atoms with Crippen molar-refractivity contribution in [1.29, 1.82) is 5.26 Å². The van der Waals surface area contributed by atoms with Gasteiger partial charge in [-0.1, -0.05) is 22.0 Å². The van der Waals surface area contributed by atoms with Crippen molar-refractivity contribution in [2.45, 2.75) is 5.33 Å². The number of nitriles is 1. The van der Waals surface area contributed by atoms with Gasteiger partial charge >= 0.3 is 5.97 Å². The molecule has 1 aromatic carbocycles. The fourth-order valence-corrected chi connectivity index (χ4v) is 1.45. The molecule has 0 saturated carbocycles. The van der Waals surface area contributed by atoms with Gasteiger partial charge in [0.15, 0.2) is 0 Å². The Bertz CT molecular complexity index is 446. The summed E-state index contributed by atoms with van der Waals surface area (Å²) >= 11 is 3.29. The molecule has 0 aromatic heterocycles. The summed E-state index contributed by atoms with van der Waals surface area (Å²) in [6.45, 7) is 0. The van der Waals surface area contributed by atoms with Gasteiger partial charge in [-0.25, -0.2) is 4.79 Å². The van der Waals surface area contributed by atoms with Gasteiger partial charge in [-0.05, 0) is 29.3 Å². The Morgan fingerprint density at radius 3 is 2.80 bits per heavy atom. The maximum Gasteiger partial charge on any atom is 0.328 e. The van der Waals surface area contributed by atoms with Crippen LogP contribution in [0.25, 0.3) is 6.08 Å². The Hall–Kier alpha value is -1.60. The van der Waals surface area contributed by atoms with Gasteiger partial charge < -0.3 is 5.11 Å². The lowest BCUT2D eigenvalue weighted by atomic mass is 10.1. The molecule has 76 valence electrons. The molecule has 0 unspecified atom stereocenters. The van der Waals surface area contributed by atoms with Gasteiger partial charge in [-0.15, -0.1) is 0 Å². The summed E-state index contributed by atoms with van der Waals surface area (Å²) in [7, 11) is 0. The smallest absolute Gasteiger partial charge is 0.328 e. The predicted molar refractivity (Wildman–Crippen MR) is 60.5 cm³/mol. The number of hydrogen-bond donors (Lipinski definition) is 1. The van der Waals surface area contributed by atoms with Gasteiger partial charge in [0.05, 0.1) is 11.6 Å². The van der Waals surface area contributed by atoms with Crippen molar-refractivity contribution in [2.75, 3.05) is 0 Å². The molecule has 0 aliphatic heterocycles. The molecule has 0 spiro atoms. The van der Waals surface area contributed by atoms with E-state index in [0.717, 1.165) is 11.6 Å². The normalized spacial score (nSPS) is 10.1. The van der Waals surface area contributed by atoms with Crippen LogP contribution in [0.15, 0.2) is 24.3 Å². The zero-order chi connectivity index (χ0) is 11.3. The molecule has 3 nitrogen and oxygen atoms in total. The Labute approximate surface area is 95.8 Å². The van der Waals surface area contributed by atoms with E-state index in [4.69, 9.17) is 10.4 Å². The molecule has 0 bridgehead atoms. The molecule has 1 aromatic rings. The van der Waals surface area contributed by atoms with Crippen molar-refractivity contribution >= 4 is 28.0 Å². The van der Waals surface area contributed by atoms with Crippen LogP contribution in [-0.2, 0) is 10.1 Å². The number of benzene rings is 1. The molecule has 0 aliphatic carbocycles. The van der Waals surface area contributed by atoms with Crippen LogP contribution in [0, 0.1) is 11.3 Å². The summed E-state index contributed by atoms with van der Waals surface area (Å²) in [6.07, 6.45) is 2.52. The molecule has 1 N–H and O–H groups in total. The van der Waals surface area contributed by atoms with E-state index in [2.05, 4.69) is 15.9 Å². The number of hydrogen-bond acceptors (Lipinski definition) is 2. The number of carboxylic acids is 1. The maximum absolute atomic E-state index is 10.3. The topological polar surface area (TPSA) is 61.1 Å². The fourth-order valence-electron chi connectivity index (χ4n) is 1.12. The summed E-state index contributed by atoms with van der Waals surface area (Å²) < 4.78 is 0. The van der Waals surface area contributed by atoms with E-state index in [9.17, 15) is 4.79 Å². The maximum atomic E-state index is 10.3. The molecule has 0 atom stereocenters. The van der Waals surface area contributed by atoms with E-state index in [-0.39, 0.29) is 0 Å². The molecule has 0 amide bonds. The Morgan fingerprint density at radius 2 is 2.27 bits per heavy atom. The highest BCUT2D eigenvalue weighted by molar-refractivity contribution is 9.08. The van der Waals surface area contributed by atoms with Crippen LogP contribution in [0.4, 0.5) is 0 Å². The molecular weight excluding hydrogens is 258 g/mol. The fraction of sp³-hybridized carbons (Fsp3) is 0.0909. The second-order valence-electron chi connectivity index (χ2n) is 2.88. The van der Waals surface area contributed by atoms with E-state index in [1.165, 1.54) is 6.08 Å². The van der Waals surface area contributed by atoms with E-state index in [1.54, 1.807) is 12.1 Å². The summed E-state index contributed by atoms with van der Waals surface area (Å²) in [5.41, 5.74) is 2.18. The third-order valence-corrected chi connectivity index (χ3v) is 2.36. The van der Waals surface area contributed by atoms with E-state index in [0.29, 0.717) is 16.5 Å². The van der Waals surface area contributed by atoms with Crippen LogP contribution in [0.5, 0.6) is 0 Å². The number of carboxylic acid groups (broad SMARTS) is 1. The van der Waals surface area contributed by atoms with Crippen LogP contribution in [0.3, 0.4) is 0 Å². The average Bonchev–Trinajstić information content (AvgIpc) is 2.25. The highest BCUT2D eigenvalue weighted by Gasteiger charge is 1.98. The minimum absolute atomic E-state index is 0.525. The second kappa shape index (κ2) is 5.32. The number of aliphatic carboxylic acids is 1. The number of halogens is 1. The monoisotopic (exact) mass is 265 g/mol. The molecule has 1 rings (SSSR count). The van der Waals surface area contributed by atoms with Crippen LogP contribution < -0.4 is 0 Å². The van der Waals surface area contributed by atoms with Gasteiger partial charge in [-0.3, -0.25) is 0 Å². The number of nitrogens with zero attached hydrogens (tertiary/aromatic N) is 1. The SMILES string of the molecule is N#Cc1cc(/C=C/C(=O)O)cc(CBr)c1. The largest absolute Gasteiger partial charge is 0.478 e. The van der Waals surface area contributed by atoms with Gasteiger partial charge in [0.25, 0.3) is 0 Å². The van der Waals surface area contributed by atoms with E-state index in [1.807, 2.05) is 12.1 Å². The van der Waals surface area contributed by atoms with Crippen LogP contribution in [0.2, 0.25) is 0 Å².